The summed E-state index contributed by atoms with van der Waals surface area (Å²) in [5.41, 5.74) is 3.25. The fourth-order valence-corrected chi connectivity index (χ4v) is 3.80. The van der Waals surface area contributed by atoms with Crippen LogP contribution in [-0.2, 0) is 11.3 Å². The van der Waals surface area contributed by atoms with Gasteiger partial charge >= 0.3 is 0 Å². The van der Waals surface area contributed by atoms with Crippen molar-refractivity contribution in [2.45, 2.75) is 39.3 Å². The largest absolute Gasteiger partial charge is 0.378 e. The zero-order chi connectivity index (χ0) is 19.5. The standard InChI is InChI=1S/C22H26N4O2/c1-3-26-15-16(14-23-26)21-13-19(18-7-5-6-8-20(18)24-21)22(27)25-11-9-17(10-12-25)28-4-2/h5-8,13-15,17H,3-4,9-12H2,1-2H3. The van der Waals surface area contributed by atoms with Crippen LogP contribution >= 0.6 is 0 Å². The van der Waals surface area contributed by atoms with Crippen LogP contribution in [0.15, 0.2) is 42.7 Å². The summed E-state index contributed by atoms with van der Waals surface area (Å²) in [6.07, 6.45) is 5.82. The maximum atomic E-state index is 13.4. The molecule has 4 rings (SSSR count). The van der Waals surface area contributed by atoms with E-state index < -0.39 is 0 Å². The third-order valence-corrected chi connectivity index (χ3v) is 5.33. The number of carbonyl (C=O) groups is 1. The summed E-state index contributed by atoms with van der Waals surface area (Å²) in [4.78, 5) is 20.1. The Kier molecular flexibility index (Phi) is 5.39. The van der Waals surface area contributed by atoms with E-state index in [4.69, 9.17) is 9.72 Å². The second-order valence-electron chi connectivity index (χ2n) is 7.10. The summed E-state index contributed by atoms with van der Waals surface area (Å²) in [7, 11) is 0. The zero-order valence-corrected chi connectivity index (χ0v) is 16.5. The lowest BCUT2D eigenvalue weighted by atomic mass is 10.0. The molecule has 0 spiro atoms. The molecule has 0 atom stereocenters. The molecule has 1 saturated heterocycles. The zero-order valence-electron chi connectivity index (χ0n) is 16.5. The fourth-order valence-electron chi connectivity index (χ4n) is 3.80. The molecule has 28 heavy (non-hydrogen) atoms. The van der Waals surface area contributed by atoms with Crippen molar-refractivity contribution < 1.29 is 9.53 Å². The highest BCUT2D eigenvalue weighted by molar-refractivity contribution is 6.07. The molecular weight excluding hydrogens is 352 g/mol. The van der Waals surface area contributed by atoms with Crippen molar-refractivity contribution in [3.63, 3.8) is 0 Å². The number of hydrogen-bond donors (Lipinski definition) is 0. The number of aryl methyl sites for hydroxylation is 1. The van der Waals surface area contributed by atoms with Crippen LogP contribution in [0.1, 0.15) is 37.0 Å². The van der Waals surface area contributed by atoms with E-state index in [9.17, 15) is 4.79 Å². The summed E-state index contributed by atoms with van der Waals surface area (Å²) >= 11 is 0. The molecule has 2 aromatic heterocycles. The number of fused-ring (bicyclic) bond motifs is 1. The van der Waals surface area contributed by atoms with E-state index in [1.165, 1.54) is 0 Å². The second kappa shape index (κ2) is 8.10. The molecule has 6 nitrogen and oxygen atoms in total. The molecule has 3 aromatic rings. The number of nitrogens with zero attached hydrogens (tertiary/aromatic N) is 4. The van der Waals surface area contributed by atoms with Crippen LogP contribution in [0.3, 0.4) is 0 Å². The van der Waals surface area contributed by atoms with Gasteiger partial charge in [-0.2, -0.15) is 5.10 Å². The molecule has 1 aromatic carbocycles. The van der Waals surface area contributed by atoms with Crippen molar-refractivity contribution in [3.05, 3.63) is 48.3 Å². The predicted molar refractivity (Wildman–Crippen MR) is 109 cm³/mol. The van der Waals surface area contributed by atoms with Crippen molar-refractivity contribution in [2.24, 2.45) is 0 Å². The van der Waals surface area contributed by atoms with Gasteiger partial charge in [0.1, 0.15) is 0 Å². The Morgan fingerprint density at radius 2 is 2.00 bits per heavy atom. The molecule has 6 heteroatoms. The van der Waals surface area contributed by atoms with E-state index in [0.717, 1.165) is 61.2 Å². The number of ether oxygens (including phenoxy) is 1. The Morgan fingerprint density at radius 1 is 1.21 bits per heavy atom. The number of rotatable bonds is 5. The third kappa shape index (κ3) is 3.64. The summed E-state index contributed by atoms with van der Waals surface area (Å²) in [6.45, 7) is 7.04. The van der Waals surface area contributed by atoms with Gasteiger partial charge in [-0.05, 0) is 38.8 Å². The first-order chi connectivity index (χ1) is 13.7. The summed E-state index contributed by atoms with van der Waals surface area (Å²) in [5.74, 6) is 0.0673. The van der Waals surface area contributed by atoms with E-state index in [-0.39, 0.29) is 12.0 Å². The Labute approximate surface area is 165 Å². The molecule has 1 fully saturated rings. The molecule has 0 bridgehead atoms. The lowest BCUT2D eigenvalue weighted by molar-refractivity contribution is 0.0146. The van der Waals surface area contributed by atoms with Gasteiger partial charge in [-0.3, -0.25) is 9.48 Å². The molecule has 146 valence electrons. The van der Waals surface area contributed by atoms with Crippen LogP contribution in [0.5, 0.6) is 0 Å². The summed E-state index contributed by atoms with van der Waals surface area (Å²) in [6, 6.07) is 9.76. The number of carbonyl (C=O) groups excluding carboxylic acids is 1. The minimum atomic E-state index is 0.0673. The van der Waals surface area contributed by atoms with E-state index in [1.54, 1.807) is 0 Å². The highest BCUT2D eigenvalue weighted by atomic mass is 16.5. The van der Waals surface area contributed by atoms with Gasteiger partial charge in [0.25, 0.3) is 5.91 Å². The lowest BCUT2D eigenvalue weighted by Gasteiger charge is -2.32. The van der Waals surface area contributed by atoms with Gasteiger partial charge in [-0.1, -0.05) is 18.2 Å². The Bertz CT molecular complexity index is 974. The summed E-state index contributed by atoms with van der Waals surface area (Å²) < 4.78 is 7.59. The smallest absolute Gasteiger partial charge is 0.254 e. The van der Waals surface area contributed by atoms with Crippen LogP contribution in [0.2, 0.25) is 0 Å². The van der Waals surface area contributed by atoms with Crippen LogP contribution in [-0.4, -0.2) is 51.4 Å². The Hall–Kier alpha value is -2.73. The number of pyridine rings is 1. The van der Waals surface area contributed by atoms with Crippen LogP contribution in [0, 0.1) is 0 Å². The normalized spacial score (nSPS) is 15.3. The van der Waals surface area contributed by atoms with Gasteiger partial charge in [-0.15, -0.1) is 0 Å². The summed E-state index contributed by atoms with van der Waals surface area (Å²) in [5, 5.41) is 5.24. The van der Waals surface area contributed by atoms with Gasteiger partial charge in [-0.25, -0.2) is 4.98 Å². The van der Waals surface area contributed by atoms with Gasteiger partial charge in [0.15, 0.2) is 0 Å². The lowest BCUT2D eigenvalue weighted by Crippen LogP contribution is -2.41. The van der Waals surface area contributed by atoms with Crippen molar-refractivity contribution in [2.75, 3.05) is 19.7 Å². The maximum Gasteiger partial charge on any atom is 0.254 e. The number of benzene rings is 1. The monoisotopic (exact) mass is 378 g/mol. The highest BCUT2D eigenvalue weighted by Gasteiger charge is 2.25. The van der Waals surface area contributed by atoms with Crippen LogP contribution in [0.4, 0.5) is 0 Å². The molecular formula is C22H26N4O2. The van der Waals surface area contributed by atoms with Crippen LogP contribution in [0.25, 0.3) is 22.2 Å². The Balaban J connectivity index is 1.68. The quantitative estimate of drug-likeness (QED) is 0.678. The van der Waals surface area contributed by atoms with E-state index in [0.29, 0.717) is 5.56 Å². The van der Waals surface area contributed by atoms with Gasteiger partial charge in [0.05, 0.1) is 29.1 Å². The van der Waals surface area contributed by atoms with Crippen molar-refractivity contribution in [3.8, 4) is 11.3 Å². The van der Waals surface area contributed by atoms with E-state index in [1.807, 2.05) is 66.2 Å². The predicted octanol–water partition coefficient (Wildman–Crippen LogP) is 3.76. The molecule has 0 radical (unpaired) electrons. The first-order valence-corrected chi connectivity index (χ1v) is 10.0. The molecule has 0 aliphatic carbocycles. The number of piperidine rings is 1. The molecule has 0 unspecified atom stereocenters. The number of amides is 1. The minimum Gasteiger partial charge on any atom is -0.378 e. The maximum absolute atomic E-state index is 13.4. The molecule has 3 heterocycles. The molecule has 1 aliphatic rings. The number of hydrogen-bond acceptors (Lipinski definition) is 4. The van der Waals surface area contributed by atoms with Crippen molar-refractivity contribution in [1.29, 1.82) is 0 Å². The van der Waals surface area contributed by atoms with E-state index >= 15 is 0 Å². The third-order valence-electron chi connectivity index (χ3n) is 5.33. The average Bonchev–Trinajstić information content (AvgIpc) is 3.23. The topological polar surface area (TPSA) is 60.2 Å². The first kappa shape index (κ1) is 18.6. The molecule has 0 N–H and O–H groups in total. The SMILES string of the molecule is CCOC1CCN(C(=O)c2cc(-c3cnn(CC)c3)nc3ccccc23)CC1. The molecule has 1 amide bonds. The van der Waals surface area contributed by atoms with Crippen molar-refractivity contribution >= 4 is 16.8 Å². The van der Waals surface area contributed by atoms with E-state index in [2.05, 4.69) is 5.10 Å². The number of likely N-dealkylation sites (tertiary alicyclic amines) is 1. The number of aromatic nitrogens is 3. The molecule has 0 saturated carbocycles. The average molecular weight is 378 g/mol. The first-order valence-electron chi connectivity index (χ1n) is 10.0. The highest BCUT2D eigenvalue weighted by Crippen LogP contribution is 2.27. The second-order valence-corrected chi connectivity index (χ2v) is 7.10. The van der Waals surface area contributed by atoms with Gasteiger partial charge in [0, 0.05) is 43.4 Å². The fraction of sp³-hybridized carbons (Fsp3) is 0.409. The van der Waals surface area contributed by atoms with Gasteiger partial charge in [0.2, 0.25) is 0 Å². The molecule has 1 aliphatic heterocycles. The van der Waals surface area contributed by atoms with Crippen LogP contribution < -0.4 is 0 Å². The number of para-hydroxylation sites is 1. The van der Waals surface area contributed by atoms with Crippen molar-refractivity contribution in [1.82, 2.24) is 19.7 Å². The Morgan fingerprint density at radius 3 is 2.71 bits per heavy atom. The van der Waals surface area contributed by atoms with Gasteiger partial charge < -0.3 is 9.64 Å². The minimum absolute atomic E-state index is 0.0673.